The molecule has 7 heteroatoms. The van der Waals surface area contributed by atoms with Crippen molar-refractivity contribution in [3.8, 4) is 11.5 Å². The molecule has 0 saturated carbocycles. The molecule has 0 aliphatic carbocycles. The van der Waals surface area contributed by atoms with Crippen LogP contribution in [0.5, 0.6) is 11.5 Å². The summed E-state index contributed by atoms with van der Waals surface area (Å²) in [6, 6.07) is 8.58. The fraction of sp³-hybridized carbons (Fsp3) is 0.238. The molecule has 0 atom stereocenters. The molecular formula is C21H23ClN2O4. The second-order valence-electron chi connectivity index (χ2n) is 5.85. The Labute approximate surface area is 169 Å². The zero-order valence-electron chi connectivity index (χ0n) is 16.3. The van der Waals surface area contributed by atoms with E-state index < -0.39 is 0 Å². The van der Waals surface area contributed by atoms with Gasteiger partial charge in [-0.25, -0.2) is 0 Å². The van der Waals surface area contributed by atoms with Crippen molar-refractivity contribution in [3.63, 3.8) is 0 Å². The summed E-state index contributed by atoms with van der Waals surface area (Å²) in [5.41, 5.74) is 2.45. The van der Waals surface area contributed by atoms with Gasteiger partial charge in [0.2, 0.25) is 5.91 Å². The molecule has 0 saturated heterocycles. The molecular weight excluding hydrogens is 380 g/mol. The Bertz CT molecular complexity index is 910. The number of carbonyl (C=O) groups is 2. The summed E-state index contributed by atoms with van der Waals surface area (Å²) in [4.78, 5) is 24.2. The molecule has 0 spiro atoms. The first-order valence-corrected chi connectivity index (χ1v) is 9.10. The van der Waals surface area contributed by atoms with Crippen LogP contribution in [0.4, 0.5) is 5.69 Å². The van der Waals surface area contributed by atoms with Crippen molar-refractivity contribution in [2.75, 3.05) is 26.1 Å². The molecule has 0 aromatic heterocycles. The van der Waals surface area contributed by atoms with Gasteiger partial charge in [-0.1, -0.05) is 17.7 Å². The number of carbonyl (C=O) groups excluding carboxylic acids is 2. The van der Waals surface area contributed by atoms with E-state index in [4.69, 9.17) is 21.1 Å². The molecule has 0 heterocycles. The van der Waals surface area contributed by atoms with Crippen LogP contribution < -0.4 is 20.1 Å². The zero-order chi connectivity index (χ0) is 20.7. The Morgan fingerprint density at radius 1 is 1.25 bits per heavy atom. The van der Waals surface area contributed by atoms with Gasteiger partial charge in [0.1, 0.15) is 0 Å². The minimum atomic E-state index is -0.332. The van der Waals surface area contributed by atoms with Gasteiger partial charge < -0.3 is 20.1 Å². The second kappa shape index (κ2) is 9.80. The van der Waals surface area contributed by atoms with E-state index in [9.17, 15) is 9.59 Å². The third-order valence-electron chi connectivity index (χ3n) is 4.03. The number of rotatable bonds is 7. The maximum absolute atomic E-state index is 12.3. The lowest BCUT2D eigenvalue weighted by atomic mass is 10.1. The predicted octanol–water partition coefficient (Wildman–Crippen LogP) is 4.07. The molecule has 2 N–H and O–H groups in total. The average Bonchev–Trinajstić information content (AvgIpc) is 2.69. The molecule has 0 aliphatic heterocycles. The van der Waals surface area contributed by atoms with Gasteiger partial charge in [0.05, 0.1) is 18.7 Å². The highest BCUT2D eigenvalue weighted by Gasteiger charge is 2.12. The topological polar surface area (TPSA) is 76.7 Å². The molecule has 2 rings (SSSR count). The van der Waals surface area contributed by atoms with Crippen LogP contribution in [0.3, 0.4) is 0 Å². The lowest BCUT2D eigenvalue weighted by molar-refractivity contribution is -0.111. The minimum Gasteiger partial charge on any atom is -0.493 e. The van der Waals surface area contributed by atoms with Gasteiger partial charge in [0, 0.05) is 24.4 Å². The molecule has 0 bridgehead atoms. The normalized spacial score (nSPS) is 10.6. The highest BCUT2D eigenvalue weighted by molar-refractivity contribution is 6.32. The number of benzene rings is 2. The van der Waals surface area contributed by atoms with Crippen molar-refractivity contribution in [3.05, 3.63) is 58.1 Å². The molecule has 6 nitrogen and oxygen atoms in total. The van der Waals surface area contributed by atoms with Gasteiger partial charge in [-0.3, -0.25) is 9.59 Å². The van der Waals surface area contributed by atoms with E-state index in [2.05, 4.69) is 10.6 Å². The lowest BCUT2D eigenvalue weighted by Crippen LogP contribution is -2.20. The van der Waals surface area contributed by atoms with Crippen LogP contribution in [0.1, 0.15) is 28.4 Å². The molecule has 28 heavy (non-hydrogen) atoms. The number of methoxy groups -OCH3 is 1. The Kier molecular flexibility index (Phi) is 7.46. The summed E-state index contributed by atoms with van der Waals surface area (Å²) in [5.74, 6) is 0.417. The number of amides is 2. The highest BCUT2D eigenvalue weighted by atomic mass is 35.5. The van der Waals surface area contributed by atoms with Crippen molar-refractivity contribution in [2.24, 2.45) is 0 Å². The first-order chi connectivity index (χ1) is 13.4. The first-order valence-electron chi connectivity index (χ1n) is 8.72. The van der Waals surface area contributed by atoms with Gasteiger partial charge >= 0.3 is 0 Å². The van der Waals surface area contributed by atoms with Crippen LogP contribution in [0, 0.1) is 6.92 Å². The van der Waals surface area contributed by atoms with E-state index in [0.717, 1.165) is 0 Å². The van der Waals surface area contributed by atoms with Crippen molar-refractivity contribution in [2.45, 2.75) is 13.8 Å². The SMILES string of the molecule is CCOc1c(Cl)cc(/C=C/C(=O)Nc2cccc(C(=O)NC)c2C)cc1OC. The van der Waals surface area contributed by atoms with Crippen LogP contribution in [0.15, 0.2) is 36.4 Å². The van der Waals surface area contributed by atoms with E-state index in [-0.39, 0.29) is 11.8 Å². The molecule has 0 fully saturated rings. The largest absolute Gasteiger partial charge is 0.493 e. The monoisotopic (exact) mass is 402 g/mol. The van der Waals surface area contributed by atoms with Gasteiger partial charge in [-0.15, -0.1) is 0 Å². The third kappa shape index (κ3) is 5.04. The van der Waals surface area contributed by atoms with E-state index in [1.165, 1.54) is 13.2 Å². The highest BCUT2D eigenvalue weighted by Crippen LogP contribution is 2.36. The Morgan fingerprint density at radius 3 is 2.64 bits per heavy atom. The Hall–Kier alpha value is -2.99. The van der Waals surface area contributed by atoms with E-state index >= 15 is 0 Å². The summed E-state index contributed by atoms with van der Waals surface area (Å²) in [6.07, 6.45) is 3.01. The van der Waals surface area contributed by atoms with Crippen LogP contribution in [-0.4, -0.2) is 32.6 Å². The lowest BCUT2D eigenvalue weighted by Gasteiger charge is -2.12. The molecule has 2 aromatic rings. The van der Waals surface area contributed by atoms with Crippen molar-refractivity contribution in [1.29, 1.82) is 0 Å². The van der Waals surface area contributed by atoms with Gasteiger partial charge in [-0.2, -0.15) is 0 Å². The summed E-state index contributed by atoms with van der Waals surface area (Å²) >= 11 is 6.24. The quantitative estimate of drug-likeness (QED) is 0.684. The molecule has 0 aliphatic rings. The number of halogens is 1. The number of ether oxygens (including phenoxy) is 2. The molecule has 2 amide bonds. The van der Waals surface area contributed by atoms with Gasteiger partial charge in [0.25, 0.3) is 5.91 Å². The van der Waals surface area contributed by atoms with Crippen molar-refractivity contribution < 1.29 is 19.1 Å². The van der Waals surface area contributed by atoms with Crippen molar-refractivity contribution >= 4 is 35.2 Å². The van der Waals surface area contributed by atoms with Gasteiger partial charge in [0.15, 0.2) is 11.5 Å². The van der Waals surface area contributed by atoms with Crippen LogP contribution in [0.2, 0.25) is 5.02 Å². The van der Waals surface area contributed by atoms with E-state index in [1.807, 2.05) is 6.92 Å². The maximum atomic E-state index is 12.3. The fourth-order valence-corrected chi connectivity index (χ4v) is 2.89. The molecule has 0 unspecified atom stereocenters. The number of hydrogen-bond donors (Lipinski definition) is 2. The summed E-state index contributed by atoms with van der Waals surface area (Å²) in [7, 11) is 3.09. The minimum absolute atomic E-state index is 0.208. The Balaban J connectivity index is 2.19. The maximum Gasteiger partial charge on any atom is 0.251 e. The number of nitrogens with one attached hydrogen (secondary N) is 2. The van der Waals surface area contributed by atoms with Crippen LogP contribution >= 0.6 is 11.6 Å². The number of hydrogen-bond acceptors (Lipinski definition) is 4. The summed E-state index contributed by atoms with van der Waals surface area (Å²) in [5, 5.41) is 5.76. The first kappa shape index (κ1) is 21.3. The molecule has 148 valence electrons. The predicted molar refractivity (Wildman–Crippen MR) is 111 cm³/mol. The van der Waals surface area contributed by atoms with Crippen molar-refractivity contribution in [1.82, 2.24) is 5.32 Å². The zero-order valence-corrected chi connectivity index (χ0v) is 17.0. The fourth-order valence-electron chi connectivity index (χ4n) is 2.62. The molecule has 2 aromatic carbocycles. The van der Waals surface area contributed by atoms with E-state index in [0.29, 0.717) is 45.5 Å². The molecule has 0 radical (unpaired) electrons. The smallest absolute Gasteiger partial charge is 0.251 e. The van der Waals surface area contributed by atoms with Crippen LogP contribution in [0.25, 0.3) is 6.08 Å². The van der Waals surface area contributed by atoms with Crippen LogP contribution in [-0.2, 0) is 4.79 Å². The second-order valence-corrected chi connectivity index (χ2v) is 6.25. The third-order valence-corrected chi connectivity index (χ3v) is 4.31. The Morgan fingerprint density at radius 2 is 2.00 bits per heavy atom. The van der Waals surface area contributed by atoms with Gasteiger partial charge in [-0.05, 0) is 55.3 Å². The van der Waals surface area contributed by atoms with E-state index in [1.54, 1.807) is 50.4 Å². The summed E-state index contributed by atoms with van der Waals surface area (Å²) in [6.45, 7) is 4.10. The average molecular weight is 403 g/mol. The summed E-state index contributed by atoms with van der Waals surface area (Å²) < 4.78 is 10.8. The number of anilines is 1. The standard InChI is InChI=1S/C21H23ClN2O4/c1-5-28-20-16(22)11-14(12-18(20)27-4)9-10-19(25)24-17-8-6-7-15(13(17)2)21(26)23-3/h6-12H,5H2,1-4H3,(H,23,26)(H,24,25)/b10-9+.